The van der Waals surface area contributed by atoms with Crippen molar-refractivity contribution in [2.45, 2.75) is 17.4 Å². The lowest BCUT2D eigenvalue weighted by Gasteiger charge is -2.12. The summed E-state index contributed by atoms with van der Waals surface area (Å²) in [6.07, 6.45) is -5.12. The SMILES string of the molecule is O=S(=O)(NCC(O)C(F)F)c1cc(Cl)ccc1Cl. The minimum Gasteiger partial charge on any atom is -0.386 e. The predicted molar refractivity (Wildman–Crippen MR) is 63.7 cm³/mol. The number of hydrogen-bond donors (Lipinski definition) is 2. The molecule has 0 saturated heterocycles. The maximum Gasteiger partial charge on any atom is 0.265 e. The first-order valence-corrected chi connectivity index (χ1v) is 6.89. The summed E-state index contributed by atoms with van der Waals surface area (Å²) in [6, 6.07) is 3.74. The Hall–Kier alpha value is -0.470. The highest BCUT2D eigenvalue weighted by Gasteiger charge is 2.23. The van der Waals surface area contributed by atoms with Crippen LogP contribution in [0.15, 0.2) is 23.1 Å². The van der Waals surface area contributed by atoms with Gasteiger partial charge in [0.15, 0.2) is 0 Å². The molecule has 0 aliphatic rings. The number of aliphatic hydroxyl groups excluding tert-OH is 1. The van der Waals surface area contributed by atoms with Gasteiger partial charge in [-0.1, -0.05) is 23.2 Å². The second kappa shape index (κ2) is 6.12. The molecule has 18 heavy (non-hydrogen) atoms. The van der Waals surface area contributed by atoms with Gasteiger partial charge in [-0.05, 0) is 18.2 Å². The normalized spacial score (nSPS) is 13.9. The van der Waals surface area contributed by atoms with Crippen LogP contribution in [-0.4, -0.2) is 32.6 Å². The molecule has 1 aromatic rings. The van der Waals surface area contributed by atoms with Crippen molar-refractivity contribution in [2.75, 3.05) is 6.54 Å². The summed E-state index contributed by atoms with van der Waals surface area (Å²) in [5.74, 6) is 0. The molecule has 1 unspecified atom stereocenters. The van der Waals surface area contributed by atoms with Crippen molar-refractivity contribution in [3.05, 3.63) is 28.2 Å². The van der Waals surface area contributed by atoms with Crippen molar-refractivity contribution in [1.29, 1.82) is 0 Å². The Morgan fingerprint density at radius 2 is 1.94 bits per heavy atom. The zero-order chi connectivity index (χ0) is 13.9. The number of hydrogen-bond acceptors (Lipinski definition) is 3. The van der Waals surface area contributed by atoms with Crippen LogP contribution in [0.25, 0.3) is 0 Å². The first-order valence-electron chi connectivity index (χ1n) is 4.65. The highest BCUT2D eigenvalue weighted by Crippen LogP contribution is 2.24. The van der Waals surface area contributed by atoms with Gasteiger partial charge in [-0.3, -0.25) is 0 Å². The molecule has 2 N–H and O–H groups in total. The number of sulfonamides is 1. The van der Waals surface area contributed by atoms with Gasteiger partial charge in [0.25, 0.3) is 6.43 Å². The third-order valence-corrected chi connectivity index (χ3v) is 4.10. The number of rotatable bonds is 5. The molecule has 0 bridgehead atoms. The lowest BCUT2D eigenvalue weighted by Crippen LogP contribution is -2.35. The van der Waals surface area contributed by atoms with Crippen LogP contribution in [0.2, 0.25) is 10.0 Å². The minimum absolute atomic E-state index is 0.0987. The predicted octanol–water partition coefficient (Wildman–Crippen LogP) is 1.90. The van der Waals surface area contributed by atoms with Gasteiger partial charge in [0.1, 0.15) is 11.0 Å². The molecule has 0 spiro atoms. The van der Waals surface area contributed by atoms with Crippen LogP contribution in [0.3, 0.4) is 0 Å². The number of alkyl halides is 2. The topological polar surface area (TPSA) is 66.4 Å². The molecule has 0 fully saturated rings. The summed E-state index contributed by atoms with van der Waals surface area (Å²) in [5.41, 5.74) is 0. The molecule has 1 rings (SSSR count). The Balaban J connectivity index is 2.90. The summed E-state index contributed by atoms with van der Waals surface area (Å²) >= 11 is 11.3. The molecule has 0 aromatic heterocycles. The van der Waals surface area contributed by atoms with Crippen LogP contribution in [0.5, 0.6) is 0 Å². The number of nitrogens with one attached hydrogen (secondary N) is 1. The average molecular weight is 320 g/mol. The Morgan fingerprint density at radius 3 is 2.50 bits per heavy atom. The summed E-state index contributed by atoms with van der Waals surface area (Å²) in [4.78, 5) is -0.335. The van der Waals surface area contributed by atoms with Crippen LogP contribution in [-0.2, 0) is 10.0 Å². The van der Waals surface area contributed by atoms with E-state index in [2.05, 4.69) is 0 Å². The van der Waals surface area contributed by atoms with Crippen molar-refractivity contribution < 1.29 is 22.3 Å². The Bertz CT molecular complexity index is 525. The average Bonchev–Trinajstić information content (AvgIpc) is 2.29. The maximum absolute atomic E-state index is 12.0. The van der Waals surface area contributed by atoms with Crippen LogP contribution in [0.1, 0.15) is 0 Å². The first kappa shape index (κ1) is 15.6. The molecule has 4 nitrogen and oxygen atoms in total. The van der Waals surface area contributed by atoms with Gasteiger partial charge in [0.2, 0.25) is 10.0 Å². The number of benzene rings is 1. The molecule has 0 aliphatic heterocycles. The van der Waals surface area contributed by atoms with Gasteiger partial charge in [-0.25, -0.2) is 21.9 Å². The van der Waals surface area contributed by atoms with E-state index in [0.717, 1.165) is 6.07 Å². The molecule has 9 heteroatoms. The molecule has 0 aliphatic carbocycles. The van der Waals surface area contributed by atoms with Crippen molar-refractivity contribution >= 4 is 33.2 Å². The van der Waals surface area contributed by atoms with Crippen LogP contribution in [0.4, 0.5) is 8.78 Å². The van der Waals surface area contributed by atoms with E-state index in [4.69, 9.17) is 28.3 Å². The van der Waals surface area contributed by atoms with E-state index in [1.54, 1.807) is 0 Å². The fraction of sp³-hybridized carbons (Fsp3) is 0.333. The number of aliphatic hydroxyl groups is 1. The van der Waals surface area contributed by atoms with Gasteiger partial charge in [0.05, 0.1) is 5.02 Å². The van der Waals surface area contributed by atoms with Crippen molar-refractivity contribution in [3.63, 3.8) is 0 Å². The summed E-state index contributed by atoms with van der Waals surface area (Å²) < 4.78 is 49.3. The lowest BCUT2D eigenvalue weighted by molar-refractivity contribution is -0.000451. The highest BCUT2D eigenvalue weighted by molar-refractivity contribution is 7.89. The van der Waals surface area contributed by atoms with Crippen molar-refractivity contribution in [3.8, 4) is 0 Å². The van der Waals surface area contributed by atoms with Crippen LogP contribution >= 0.6 is 23.2 Å². The van der Waals surface area contributed by atoms with Gasteiger partial charge < -0.3 is 5.11 Å². The molecular weight excluding hydrogens is 311 g/mol. The standard InChI is InChI=1S/C9H9Cl2F2NO3S/c10-5-1-2-6(11)8(3-5)18(16,17)14-4-7(15)9(12)13/h1-3,7,9,14-15H,4H2. The quantitative estimate of drug-likeness (QED) is 0.871. The zero-order valence-corrected chi connectivity index (χ0v) is 11.1. The van der Waals surface area contributed by atoms with Crippen LogP contribution in [0, 0.1) is 0 Å². The first-order chi connectivity index (χ1) is 8.24. The van der Waals surface area contributed by atoms with E-state index in [9.17, 15) is 17.2 Å². The molecule has 102 valence electrons. The molecule has 1 aromatic carbocycles. The molecule has 0 radical (unpaired) electrons. The smallest absolute Gasteiger partial charge is 0.265 e. The molecule has 0 amide bonds. The third kappa shape index (κ3) is 4.03. The monoisotopic (exact) mass is 319 g/mol. The van der Waals surface area contributed by atoms with E-state index >= 15 is 0 Å². The maximum atomic E-state index is 12.0. The zero-order valence-electron chi connectivity index (χ0n) is 8.78. The summed E-state index contributed by atoms with van der Waals surface area (Å²) in [5, 5.41) is 8.86. The fourth-order valence-corrected chi connectivity index (χ4v) is 2.86. The largest absolute Gasteiger partial charge is 0.386 e. The third-order valence-electron chi connectivity index (χ3n) is 1.96. The lowest BCUT2D eigenvalue weighted by atomic mass is 10.4. The van der Waals surface area contributed by atoms with Gasteiger partial charge >= 0.3 is 0 Å². The van der Waals surface area contributed by atoms with Crippen molar-refractivity contribution in [1.82, 2.24) is 4.72 Å². The molecule has 0 heterocycles. The summed E-state index contributed by atoms with van der Waals surface area (Å²) in [6.45, 7) is -0.817. The minimum atomic E-state index is -4.10. The Morgan fingerprint density at radius 1 is 1.33 bits per heavy atom. The van der Waals surface area contributed by atoms with Gasteiger partial charge in [-0.15, -0.1) is 0 Å². The van der Waals surface area contributed by atoms with Crippen molar-refractivity contribution in [2.24, 2.45) is 0 Å². The molecule has 1 atom stereocenters. The van der Waals surface area contributed by atoms with Gasteiger partial charge in [0, 0.05) is 11.6 Å². The van der Waals surface area contributed by atoms with Gasteiger partial charge in [-0.2, -0.15) is 0 Å². The van der Waals surface area contributed by atoms with E-state index in [0.29, 0.717) is 0 Å². The number of halogens is 4. The Labute approximate surface area is 113 Å². The fourth-order valence-electron chi connectivity index (χ4n) is 1.05. The van der Waals surface area contributed by atoms with E-state index in [1.165, 1.54) is 12.1 Å². The highest BCUT2D eigenvalue weighted by atomic mass is 35.5. The van der Waals surface area contributed by atoms with E-state index in [-0.39, 0.29) is 14.9 Å². The van der Waals surface area contributed by atoms with Crippen LogP contribution < -0.4 is 4.72 Å². The second-order valence-electron chi connectivity index (χ2n) is 3.33. The second-order valence-corrected chi connectivity index (χ2v) is 5.91. The molecule has 0 saturated carbocycles. The van der Waals surface area contributed by atoms with E-state index in [1.807, 2.05) is 4.72 Å². The Kier molecular flexibility index (Phi) is 5.30. The summed E-state index contributed by atoms with van der Waals surface area (Å²) in [7, 11) is -4.10. The van der Waals surface area contributed by atoms with E-state index < -0.39 is 29.1 Å². The molecular formula is C9H9Cl2F2NO3S.